The number of benzene rings is 2. The molecule has 9 N–H and O–H groups in total. The lowest BCUT2D eigenvalue weighted by Crippen LogP contribution is -2.54. The number of carbonyl (C=O) groups excluding carboxylic acids is 11. The van der Waals surface area contributed by atoms with Crippen molar-refractivity contribution in [2.75, 3.05) is 86.2 Å². The first-order valence-electron chi connectivity index (χ1n) is 36.1. The van der Waals surface area contributed by atoms with Crippen LogP contribution < -0.4 is 32.7 Å². The molecule has 0 saturated carbocycles. The molecule has 2 aromatic rings. The van der Waals surface area contributed by atoms with Crippen molar-refractivity contribution in [1.29, 1.82) is 0 Å². The van der Waals surface area contributed by atoms with Crippen molar-refractivity contribution in [1.82, 2.24) is 30.7 Å². The molecule has 26 heteroatoms. The number of nitrogens with one attached hydrogen (secondary N) is 4. The fraction of sp³-hybridized carbons (Fsp3) is 0.693. The molecule has 1 aliphatic rings. The van der Waals surface area contributed by atoms with Gasteiger partial charge in [0, 0.05) is 103 Å². The van der Waals surface area contributed by atoms with Gasteiger partial charge in [-0.1, -0.05) is 125 Å². The minimum Gasteiger partial charge on any atom is -0.445 e. The first-order chi connectivity index (χ1) is 47.9. The Balaban J connectivity index is 1.49. The lowest BCUT2D eigenvalue weighted by atomic mass is 9.83. The number of nitrogens with two attached hydrogens (primary N) is 2. The first-order valence-corrected chi connectivity index (χ1v) is 36.1. The van der Waals surface area contributed by atoms with Gasteiger partial charge in [-0.15, -0.1) is 0 Å². The van der Waals surface area contributed by atoms with Crippen molar-refractivity contribution < 1.29 is 81.5 Å². The number of primary amides is 1. The van der Waals surface area contributed by atoms with Gasteiger partial charge in [-0.05, 0) is 91.4 Å². The molecule has 101 heavy (non-hydrogen) atoms. The highest BCUT2D eigenvalue weighted by Crippen LogP contribution is 2.33. The fourth-order valence-electron chi connectivity index (χ4n) is 13.2. The number of aliphatic hydroxyl groups excluding tert-OH is 1. The Morgan fingerprint density at radius 1 is 0.693 bits per heavy atom. The number of ether oxygens (including phenoxy) is 5. The Hall–Kier alpha value is -7.23. The molecular formula is C75H121N9O17. The predicted octanol–water partition coefficient (Wildman–Crippen LogP) is 7.49. The van der Waals surface area contributed by atoms with E-state index >= 15 is 0 Å². The van der Waals surface area contributed by atoms with Crippen LogP contribution in [-0.4, -0.2) is 202 Å². The average Bonchev–Trinajstić information content (AvgIpc) is 1.80. The predicted molar refractivity (Wildman–Crippen MR) is 384 cm³/mol. The Kier molecular flexibility index (Phi) is 40.4. The molecular weight excluding hydrogens is 1300 g/mol. The zero-order valence-electron chi connectivity index (χ0n) is 62.6. The lowest BCUT2D eigenvalue weighted by molar-refractivity contribution is -0.150. The van der Waals surface area contributed by atoms with E-state index in [4.69, 9.17) is 35.2 Å². The Morgan fingerprint density at radius 3 is 1.96 bits per heavy atom. The second kappa shape index (κ2) is 46.4. The van der Waals surface area contributed by atoms with E-state index in [1.807, 2.05) is 85.7 Å². The summed E-state index contributed by atoms with van der Waals surface area (Å²) in [7, 11) is 6.32. The summed E-state index contributed by atoms with van der Waals surface area (Å²) in [6.45, 7) is 19.2. The van der Waals surface area contributed by atoms with E-state index in [1.165, 1.54) is 12.0 Å². The number of nitrogens with zero attached hydrogens (tertiary/aromatic N) is 3. The van der Waals surface area contributed by atoms with Gasteiger partial charge < -0.3 is 76.2 Å². The number of likely N-dealkylation sites (N-methyl/N-ethyl adjacent to an activating group) is 2. The van der Waals surface area contributed by atoms with Crippen LogP contribution in [0.1, 0.15) is 176 Å². The van der Waals surface area contributed by atoms with E-state index in [9.17, 15) is 57.8 Å². The third-order valence-corrected chi connectivity index (χ3v) is 19.3. The van der Waals surface area contributed by atoms with Crippen molar-refractivity contribution in [3.8, 4) is 0 Å². The number of alkyl carbamates (subject to hydrolysis) is 1. The maximum Gasteiger partial charge on any atom is 0.407 e. The normalized spacial score (nSPS) is 16.3. The topological polar surface area (TPSA) is 364 Å². The molecule has 1 aliphatic heterocycles. The van der Waals surface area contributed by atoms with E-state index in [0.717, 1.165) is 5.56 Å². The molecule has 568 valence electrons. The van der Waals surface area contributed by atoms with Gasteiger partial charge in [0.05, 0.1) is 75.3 Å². The smallest absolute Gasteiger partial charge is 0.407 e. The summed E-state index contributed by atoms with van der Waals surface area (Å²) in [4.78, 5) is 151. The number of hydrogen-bond acceptors (Lipinski definition) is 18. The number of methoxy groups -OCH3 is 2. The summed E-state index contributed by atoms with van der Waals surface area (Å²) in [6, 6.07) is 12.5. The standard InChI is InChI=1S/C75H121N9O17/c1-15-50(8)69(63(97-13)43-65(90)84-36-23-28-59(84)71(98-14)52(10)60(86)40-51(9)70(92)54-24-18-16-19-25-54)83(12)73(94)58(47(2)3)42-62(88)68(49(6)7)82(11)66(91)46-100-39-38-99-37-35-79-75(96)101-45-53-30-32-56(33-31-53)80-72(93)55(26-22-34-78-74(77)95)41-61(87)67(48(4)5)81-64(89)29-21-17-20-27-57(85)44-76/h16,18-19,24-25,30-33,47-52,55,58-59,63,67-71,92H,15,17,20-23,26-29,34-46,76H2,1-14H3,(H,79,96)(H,80,93)(H,81,89)(H3,77,78,95)/t50-,51-,52-,55+,58-,59-,63+,67-,68?,69-,70+,71+/m0/s1. The average molecular weight is 1420 g/mol. The van der Waals surface area contributed by atoms with Crippen LogP contribution in [0, 0.1) is 47.3 Å². The highest BCUT2D eigenvalue weighted by molar-refractivity contribution is 5.98. The van der Waals surface area contributed by atoms with Crippen LogP contribution in [0.5, 0.6) is 0 Å². The number of aliphatic hydroxyl groups is 1. The van der Waals surface area contributed by atoms with Gasteiger partial charge in [-0.3, -0.25) is 43.2 Å². The molecule has 1 unspecified atom stereocenters. The molecule has 3 rings (SSSR count). The molecule has 0 bridgehead atoms. The molecule has 1 fully saturated rings. The van der Waals surface area contributed by atoms with Crippen molar-refractivity contribution in [3.63, 3.8) is 0 Å². The lowest BCUT2D eigenvalue weighted by Gasteiger charge is -2.41. The monoisotopic (exact) mass is 1420 g/mol. The number of unbranched alkanes of at least 4 members (excludes halogenated alkanes) is 2. The van der Waals surface area contributed by atoms with Gasteiger partial charge in [-0.25, -0.2) is 9.59 Å². The van der Waals surface area contributed by atoms with Crippen molar-refractivity contribution >= 4 is 70.5 Å². The number of ketones is 4. The Morgan fingerprint density at radius 2 is 1.36 bits per heavy atom. The highest BCUT2D eigenvalue weighted by atomic mass is 16.6. The molecule has 2 aromatic carbocycles. The SMILES string of the molecule is CC[C@H](C)[C@@H]([C@@H](CC(=O)N1CCC[C@H]1[C@H](OC)[C@@H](C)C(=O)C[C@H](C)[C@@H](O)c1ccccc1)OC)N(C)C(=O)[C@@H](CC(=O)C(C(C)C)N(C)C(=O)COCCOCCNC(=O)OCc1ccc(NC(=O)[C@H](CCCNC(N)=O)CC(=O)[C@@H](NC(=O)CCCCCC(=O)CN)C(C)C)cc1)C(C)C. The molecule has 0 radical (unpaired) electrons. The summed E-state index contributed by atoms with van der Waals surface area (Å²) in [5.41, 5.74) is 12.4. The van der Waals surface area contributed by atoms with Crippen LogP contribution >= 0.6 is 0 Å². The van der Waals surface area contributed by atoms with E-state index < -0.39 is 78.1 Å². The van der Waals surface area contributed by atoms with Crippen LogP contribution in [-0.2, 0) is 73.4 Å². The second-order valence-corrected chi connectivity index (χ2v) is 28.1. The molecule has 8 amide bonds. The second-order valence-electron chi connectivity index (χ2n) is 28.1. The number of amides is 8. The van der Waals surface area contributed by atoms with E-state index in [2.05, 4.69) is 21.3 Å². The first kappa shape index (κ1) is 88.0. The van der Waals surface area contributed by atoms with Crippen molar-refractivity contribution in [2.45, 2.75) is 208 Å². The fourth-order valence-corrected chi connectivity index (χ4v) is 13.2. The van der Waals surface area contributed by atoms with Crippen LogP contribution in [0.15, 0.2) is 54.6 Å². The summed E-state index contributed by atoms with van der Waals surface area (Å²) in [6.07, 6.45) is 1.88. The van der Waals surface area contributed by atoms with Gasteiger partial charge in [-0.2, -0.15) is 0 Å². The van der Waals surface area contributed by atoms with Crippen LogP contribution in [0.25, 0.3) is 0 Å². The van der Waals surface area contributed by atoms with Gasteiger partial charge in [0.25, 0.3) is 0 Å². The summed E-state index contributed by atoms with van der Waals surface area (Å²) < 4.78 is 28.7. The number of Topliss-reactive ketones (excluding diaryl/α,β-unsaturated/α-hetero) is 4. The molecule has 0 aliphatic carbocycles. The minimum atomic E-state index is -0.872. The summed E-state index contributed by atoms with van der Waals surface area (Å²) in [5.74, 6) is -5.82. The van der Waals surface area contributed by atoms with Crippen molar-refractivity contribution in [3.05, 3.63) is 65.7 Å². The minimum absolute atomic E-state index is 0.0173. The molecule has 26 nitrogen and oxygen atoms in total. The number of rotatable bonds is 50. The zero-order valence-corrected chi connectivity index (χ0v) is 62.6. The number of urea groups is 1. The summed E-state index contributed by atoms with van der Waals surface area (Å²) >= 11 is 0. The number of likely N-dealkylation sites (tertiary alicyclic amines) is 1. The number of carbonyl (C=O) groups is 11. The van der Waals surface area contributed by atoms with Crippen LogP contribution in [0.3, 0.4) is 0 Å². The van der Waals surface area contributed by atoms with Crippen molar-refractivity contribution in [2.24, 2.45) is 58.8 Å². The van der Waals surface area contributed by atoms with Crippen LogP contribution in [0.4, 0.5) is 15.3 Å². The zero-order chi connectivity index (χ0) is 75.5. The van der Waals surface area contributed by atoms with Gasteiger partial charge in [0.1, 0.15) is 24.8 Å². The largest absolute Gasteiger partial charge is 0.445 e. The molecule has 0 spiro atoms. The quantitative estimate of drug-likeness (QED) is 0.0315. The maximum absolute atomic E-state index is 14.8. The third kappa shape index (κ3) is 29.9. The van der Waals surface area contributed by atoms with E-state index in [1.54, 1.807) is 69.1 Å². The van der Waals surface area contributed by atoms with Gasteiger partial charge in [0.2, 0.25) is 29.5 Å². The molecule has 12 atom stereocenters. The highest BCUT2D eigenvalue weighted by Gasteiger charge is 2.44. The Bertz CT molecular complexity index is 2920. The third-order valence-electron chi connectivity index (χ3n) is 19.3. The molecule has 1 heterocycles. The number of anilines is 1. The summed E-state index contributed by atoms with van der Waals surface area (Å²) in [5, 5.41) is 21.8. The van der Waals surface area contributed by atoms with E-state index in [0.29, 0.717) is 69.2 Å². The molecule has 0 aromatic heterocycles. The number of hydrogen-bond donors (Lipinski definition) is 7. The Labute approximate surface area is 599 Å². The molecule has 1 saturated heterocycles. The van der Waals surface area contributed by atoms with Crippen LogP contribution in [0.2, 0.25) is 0 Å². The van der Waals surface area contributed by atoms with E-state index in [-0.39, 0.29) is 168 Å². The maximum atomic E-state index is 14.8. The van der Waals surface area contributed by atoms with Gasteiger partial charge >= 0.3 is 12.1 Å². The van der Waals surface area contributed by atoms with Gasteiger partial charge in [0.15, 0.2) is 11.6 Å².